The molecule has 3 N–H and O–H groups in total. The molecule has 0 spiro atoms. The molecule has 108 valence electrons. The number of amides is 2. The Balaban J connectivity index is 1.87. The van der Waals surface area contributed by atoms with Crippen LogP contribution >= 0.6 is 0 Å². The predicted octanol–water partition coefficient (Wildman–Crippen LogP) is 1.27. The van der Waals surface area contributed by atoms with Gasteiger partial charge in [-0.3, -0.25) is 9.59 Å². The second-order valence-electron chi connectivity index (χ2n) is 5.51. The van der Waals surface area contributed by atoms with E-state index in [1.165, 1.54) is 0 Å². The summed E-state index contributed by atoms with van der Waals surface area (Å²) in [5.74, 6) is -1.43. The number of aliphatic hydroxyl groups is 1. The molecule has 0 aliphatic heterocycles. The monoisotopic (exact) mass is 276 g/mol. The van der Waals surface area contributed by atoms with E-state index in [9.17, 15) is 14.7 Å². The minimum absolute atomic E-state index is 0.131. The highest BCUT2D eigenvalue weighted by Gasteiger charge is 2.35. The van der Waals surface area contributed by atoms with Crippen molar-refractivity contribution in [1.29, 1.82) is 0 Å². The molecule has 1 fully saturated rings. The van der Waals surface area contributed by atoms with Crippen LogP contribution in [0.15, 0.2) is 18.2 Å². The number of carbonyl (C=O) groups excluding carboxylic acids is 2. The second-order valence-corrected chi connectivity index (χ2v) is 5.51. The molecule has 2 rings (SSSR count). The molecule has 0 bridgehead atoms. The van der Waals surface area contributed by atoms with Crippen molar-refractivity contribution in [3.8, 4) is 0 Å². The Hall–Kier alpha value is -1.88. The smallest absolute Gasteiger partial charge is 0.313 e. The van der Waals surface area contributed by atoms with Gasteiger partial charge >= 0.3 is 11.8 Å². The van der Waals surface area contributed by atoms with E-state index in [2.05, 4.69) is 10.6 Å². The van der Waals surface area contributed by atoms with Crippen LogP contribution in [0.25, 0.3) is 0 Å². The van der Waals surface area contributed by atoms with Crippen molar-refractivity contribution < 1.29 is 14.7 Å². The van der Waals surface area contributed by atoms with Crippen LogP contribution in [0.3, 0.4) is 0 Å². The van der Waals surface area contributed by atoms with Crippen molar-refractivity contribution in [1.82, 2.24) is 5.32 Å². The molecule has 1 aliphatic rings. The summed E-state index contributed by atoms with van der Waals surface area (Å²) in [6.07, 6.45) is 2.30. The summed E-state index contributed by atoms with van der Waals surface area (Å²) in [5.41, 5.74) is 1.94. The first-order valence-corrected chi connectivity index (χ1v) is 6.78. The number of hydrogen-bond donors (Lipinski definition) is 3. The number of carbonyl (C=O) groups is 2. The molecule has 0 saturated heterocycles. The lowest BCUT2D eigenvalue weighted by atomic mass is 9.80. The summed E-state index contributed by atoms with van der Waals surface area (Å²) in [7, 11) is 0. The fraction of sp³-hybridized carbons (Fsp3) is 0.467. The molecule has 0 aromatic heterocycles. The van der Waals surface area contributed by atoms with Crippen molar-refractivity contribution in [2.24, 2.45) is 0 Å². The number of nitrogens with one attached hydrogen (secondary N) is 2. The van der Waals surface area contributed by atoms with Crippen LogP contribution in [0.4, 0.5) is 5.69 Å². The molecule has 2 amide bonds. The average Bonchev–Trinajstić information content (AvgIpc) is 2.38. The van der Waals surface area contributed by atoms with Gasteiger partial charge in [0.05, 0.1) is 5.60 Å². The molecule has 1 aromatic rings. The highest BCUT2D eigenvalue weighted by molar-refractivity contribution is 6.39. The van der Waals surface area contributed by atoms with Crippen molar-refractivity contribution in [2.75, 3.05) is 11.9 Å². The normalized spacial score (nSPS) is 16.1. The molecule has 5 nitrogen and oxygen atoms in total. The number of rotatable bonds is 3. The van der Waals surface area contributed by atoms with E-state index in [-0.39, 0.29) is 6.54 Å². The van der Waals surface area contributed by atoms with E-state index in [0.717, 1.165) is 17.5 Å². The lowest BCUT2D eigenvalue weighted by Crippen LogP contribution is -2.49. The molecule has 1 aromatic carbocycles. The Labute approximate surface area is 118 Å². The maximum atomic E-state index is 11.7. The van der Waals surface area contributed by atoms with Crippen LogP contribution in [0.1, 0.15) is 30.4 Å². The Morgan fingerprint density at radius 2 is 1.90 bits per heavy atom. The minimum Gasteiger partial charge on any atom is -0.388 e. The summed E-state index contributed by atoms with van der Waals surface area (Å²) in [5, 5.41) is 14.9. The van der Waals surface area contributed by atoms with Crippen LogP contribution in [0.5, 0.6) is 0 Å². The highest BCUT2D eigenvalue weighted by Crippen LogP contribution is 2.30. The molecule has 0 heterocycles. The van der Waals surface area contributed by atoms with Crippen molar-refractivity contribution >= 4 is 17.5 Å². The van der Waals surface area contributed by atoms with Gasteiger partial charge in [-0.25, -0.2) is 0 Å². The molecule has 0 unspecified atom stereocenters. The van der Waals surface area contributed by atoms with Gasteiger partial charge in [-0.15, -0.1) is 0 Å². The largest absolute Gasteiger partial charge is 0.388 e. The van der Waals surface area contributed by atoms with Gasteiger partial charge < -0.3 is 15.7 Å². The van der Waals surface area contributed by atoms with Gasteiger partial charge in [-0.1, -0.05) is 6.07 Å². The van der Waals surface area contributed by atoms with Crippen molar-refractivity contribution in [2.45, 2.75) is 38.7 Å². The predicted molar refractivity (Wildman–Crippen MR) is 76.4 cm³/mol. The van der Waals surface area contributed by atoms with Gasteiger partial charge in [0, 0.05) is 12.2 Å². The van der Waals surface area contributed by atoms with Crippen LogP contribution in [0.2, 0.25) is 0 Å². The maximum Gasteiger partial charge on any atom is 0.313 e. The Morgan fingerprint density at radius 3 is 2.45 bits per heavy atom. The standard InChI is InChI=1S/C15H20N2O3/c1-10-4-5-12(8-11(10)2)17-14(19)13(18)16-9-15(20)6-3-7-15/h4-5,8,20H,3,6-7,9H2,1-2H3,(H,16,18)(H,17,19). The summed E-state index contributed by atoms with van der Waals surface area (Å²) in [6.45, 7) is 4.05. The van der Waals surface area contributed by atoms with E-state index in [1.54, 1.807) is 6.07 Å². The molecule has 0 radical (unpaired) electrons. The first kappa shape index (κ1) is 14.5. The van der Waals surface area contributed by atoms with E-state index in [1.807, 2.05) is 26.0 Å². The zero-order valence-corrected chi connectivity index (χ0v) is 11.8. The third-order valence-corrected chi connectivity index (χ3v) is 3.83. The molecule has 1 aliphatic carbocycles. The molecule has 5 heteroatoms. The zero-order chi connectivity index (χ0) is 14.8. The number of anilines is 1. The Kier molecular flexibility index (Phi) is 4.09. The molecular weight excluding hydrogens is 256 g/mol. The summed E-state index contributed by atoms with van der Waals surface area (Å²) >= 11 is 0. The third-order valence-electron chi connectivity index (χ3n) is 3.83. The summed E-state index contributed by atoms with van der Waals surface area (Å²) in [6, 6.07) is 5.47. The van der Waals surface area contributed by atoms with Crippen LogP contribution < -0.4 is 10.6 Å². The zero-order valence-electron chi connectivity index (χ0n) is 11.8. The summed E-state index contributed by atoms with van der Waals surface area (Å²) in [4.78, 5) is 23.4. The van der Waals surface area contributed by atoms with Crippen LogP contribution in [-0.2, 0) is 9.59 Å². The number of hydrogen-bond acceptors (Lipinski definition) is 3. The Morgan fingerprint density at radius 1 is 1.20 bits per heavy atom. The van der Waals surface area contributed by atoms with Crippen molar-refractivity contribution in [3.63, 3.8) is 0 Å². The topological polar surface area (TPSA) is 78.4 Å². The lowest BCUT2D eigenvalue weighted by molar-refractivity contribution is -0.137. The van der Waals surface area contributed by atoms with Gasteiger partial charge in [0.15, 0.2) is 0 Å². The van der Waals surface area contributed by atoms with E-state index in [0.29, 0.717) is 18.5 Å². The SMILES string of the molecule is Cc1ccc(NC(=O)C(=O)NCC2(O)CCC2)cc1C. The van der Waals surface area contributed by atoms with Crippen LogP contribution in [-0.4, -0.2) is 29.1 Å². The first-order valence-electron chi connectivity index (χ1n) is 6.78. The second kappa shape index (κ2) is 5.63. The summed E-state index contributed by atoms with van der Waals surface area (Å²) < 4.78 is 0. The fourth-order valence-electron chi connectivity index (χ4n) is 2.09. The molecular formula is C15H20N2O3. The number of benzene rings is 1. The lowest BCUT2D eigenvalue weighted by Gasteiger charge is -2.36. The van der Waals surface area contributed by atoms with Gasteiger partial charge in [-0.2, -0.15) is 0 Å². The van der Waals surface area contributed by atoms with E-state index in [4.69, 9.17) is 0 Å². The van der Waals surface area contributed by atoms with Gasteiger partial charge in [0.2, 0.25) is 0 Å². The molecule has 0 atom stereocenters. The maximum absolute atomic E-state index is 11.7. The quantitative estimate of drug-likeness (QED) is 0.728. The third kappa shape index (κ3) is 3.36. The van der Waals surface area contributed by atoms with E-state index >= 15 is 0 Å². The molecule has 1 saturated carbocycles. The minimum atomic E-state index is -0.823. The highest BCUT2D eigenvalue weighted by atomic mass is 16.3. The van der Waals surface area contributed by atoms with Gasteiger partial charge in [-0.05, 0) is 56.4 Å². The van der Waals surface area contributed by atoms with Crippen LogP contribution in [0, 0.1) is 13.8 Å². The first-order chi connectivity index (χ1) is 9.39. The van der Waals surface area contributed by atoms with E-state index < -0.39 is 17.4 Å². The fourth-order valence-corrected chi connectivity index (χ4v) is 2.09. The van der Waals surface area contributed by atoms with Gasteiger partial charge in [0.1, 0.15) is 0 Å². The number of aryl methyl sites for hydroxylation is 2. The average molecular weight is 276 g/mol. The van der Waals surface area contributed by atoms with Crippen molar-refractivity contribution in [3.05, 3.63) is 29.3 Å². The Bertz CT molecular complexity index is 536. The molecule has 20 heavy (non-hydrogen) atoms. The van der Waals surface area contributed by atoms with Gasteiger partial charge in [0.25, 0.3) is 0 Å².